The van der Waals surface area contributed by atoms with E-state index < -0.39 is 11.7 Å². The zero-order valence-electron chi connectivity index (χ0n) is 12.5. The van der Waals surface area contributed by atoms with E-state index in [1.807, 2.05) is 57.2 Å². The molecule has 22 heavy (non-hydrogen) atoms. The van der Waals surface area contributed by atoms with Gasteiger partial charge in [-0.3, -0.25) is 0 Å². The topological polar surface area (TPSA) is 44.1 Å². The second kappa shape index (κ2) is 5.52. The highest BCUT2D eigenvalue weighted by Gasteiger charge is 2.23. The van der Waals surface area contributed by atoms with Crippen LogP contribution in [0.2, 0.25) is 0 Å². The number of fused-ring (bicyclic) bond motifs is 1. The molecule has 0 amide bonds. The monoisotopic (exact) mass is 378 g/mol. The van der Waals surface area contributed by atoms with Crippen LogP contribution in [0.5, 0.6) is 0 Å². The number of thiazole rings is 1. The van der Waals surface area contributed by atoms with E-state index in [-0.39, 0.29) is 0 Å². The molecule has 0 aliphatic heterocycles. The molecule has 0 radical (unpaired) electrons. The molecule has 1 aromatic carbocycles. The van der Waals surface area contributed by atoms with E-state index in [1.165, 1.54) is 4.57 Å². The van der Waals surface area contributed by atoms with Crippen molar-refractivity contribution in [1.29, 1.82) is 0 Å². The molecule has 3 aromatic rings. The number of hydrogen-bond acceptors (Lipinski definition) is 4. The van der Waals surface area contributed by atoms with Crippen molar-refractivity contribution in [3.63, 3.8) is 0 Å². The molecule has 0 N–H and O–H groups in total. The number of para-hydroxylation sites is 1. The number of halogens is 1. The van der Waals surface area contributed by atoms with Gasteiger partial charge in [-0.05, 0) is 61.0 Å². The fourth-order valence-corrected chi connectivity index (χ4v) is 3.50. The molecule has 2 heterocycles. The Bertz CT molecular complexity index is 812. The molecule has 0 bridgehead atoms. The minimum atomic E-state index is -0.550. The third-order valence-corrected chi connectivity index (χ3v) is 4.60. The lowest BCUT2D eigenvalue weighted by molar-refractivity contribution is 0.0536. The zero-order chi connectivity index (χ0) is 15.9. The van der Waals surface area contributed by atoms with Gasteiger partial charge in [0.25, 0.3) is 0 Å². The van der Waals surface area contributed by atoms with Crippen LogP contribution in [-0.2, 0) is 4.74 Å². The first-order valence-electron chi connectivity index (χ1n) is 6.82. The van der Waals surface area contributed by atoms with Gasteiger partial charge in [0.15, 0.2) is 0 Å². The van der Waals surface area contributed by atoms with Crippen molar-refractivity contribution in [2.45, 2.75) is 26.4 Å². The summed E-state index contributed by atoms with van der Waals surface area (Å²) in [5, 5.41) is 0.790. The maximum Gasteiger partial charge on any atom is 0.419 e. The summed E-state index contributed by atoms with van der Waals surface area (Å²) >= 11 is 4.96. The van der Waals surface area contributed by atoms with Crippen LogP contribution in [0.4, 0.5) is 4.79 Å². The Labute approximate surface area is 140 Å². The van der Waals surface area contributed by atoms with E-state index in [1.54, 1.807) is 11.3 Å². The predicted octanol–water partition coefficient (Wildman–Crippen LogP) is 5.31. The maximum atomic E-state index is 12.4. The van der Waals surface area contributed by atoms with Crippen LogP contribution in [0.3, 0.4) is 0 Å². The number of carbonyl (C=O) groups excluding carboxylic acids is 1. The van der Waals surface area contributed by atoms with E-state index in [4.69, 9.17) is 4.74 Å². The summed E-state index contributed by atoms with van der Waals surface area (Å²) in [6, 6.07) is 11.6. The molecule has 0 saturated heterocycles. The highest BCUT2D eigenvalue weighted by molar-refractivity contribution is 9.10. The molecule has 4 nitrogen and oxygen atoms in total. The van der Waals surface area contributed by atoms with Crippen molar-refractivity contribution in [2.24, 2.45) is 0 Å². The maximum absolute atomic E-state index is 12.4. The summed E-state index contributed by atoms with van der Waals surface area (Å²) in [5.41, 5.74) is 1.10. The Hall–Kier alpha value is -1.66. The summed E-state index contributed by atoms with van der Waals surface area (Å²) in [7, 11) is 0. The quantitative estimate of drug-likeness (QED) is 0.576. The average molecular weight is 379 g/mol. The van der Waals surface area contributed by atoms with Crippen molar-refractivity contribution in [3.05, 3.63) is 41.0 Å². The van der Waals surface area contributed by atoms with Gasteiger partial charge in [0.1, 0.15) is 10.6 Å². The highest BCUT2D eigenvalue weighted by Crippen LogP contribution is 2.33. The Balaban J connectivity index is 2.07. The van der Waals surface area contributed by atoms with Gasteiger partial charge in [-0.2, -0.15) is 0 Å². The van der Waals surface area contributed by atoms with E-state index >= 15 is 0 Å². The number of aromatic nitrogens is 2. The molecule has 0 aliphatic carbocycles. The summed E-state index contributed by atoms with van der Waals surface area (Å²) in [6.07, 6.45) is -0.418. The molecule has 0 atom stereocenters. The molecule has 0 unspecified atom stereocenters. The molecule has 6 heteroatoms. The highest BCUT2D eigenvalue weighted by atomic mass is 79.9. The summed E-state index contributed by atoms with van der Waals surface area (Å²) in [4.78, 5) is 17.0. The Morgan fingerprint density at radius 1 is 1.23 bits per heavy atom. The minimum absolute atomic E-state index is 0.418. The van der Waals surface area contributed by atoms with Gasteiger partial charge in [-0.15, -0.1) is 11.3 Å². The first kappa shape index (κ1) is 15.2. The van der Waals surface area contributed by atoms with Gasteiger partial charge < -0.3 is 4.74 Å². The molecule has 2 aromatic heterocycles. The number of hydrogen-bond donors (Lipinski definition) is 0. The average Bonchev–Trinajstić information content (AvgIpc) is 2.99. The van der Waals surface area contributed by atoms with Crippen LogP contribution in [0, 0.1) is 0 Å². The number of carbonyl (C=O) groups is 1. The first-order valence-corrected chi connectivity index (χ1v) is 8.43. The molecule has 3 rings (SSSR count). The normalized spacial score (nSPS) is 11.8. The molecule has 0 saturated carbocycles. The van der Waals surface area contributed by atoms with Gasteiger partial charge in [-0.1, -0.05) is 12.1 Å². The predicted molar refractivity (Wildman–Crippen MR) is 92.4 cm³/mol. The van der Waals surface area contributed by atoms with E-state index in [0.29, 0.717) is 4.60 Å². The van der Waals surface area contributed by atoms with Crippen molar-refractivity contribution in [2.75, 3.05) is 0 Å². The van der Waals surface area contributed by atoms with Gasteiger partial charge in [0.2, 0.25) is 0 Å². The van der Waals surface area contributed by atoms with Crippen LogP contribution in [0.15, 0.2) is 41.0 Å². The zero-order valence-corrected chi connectivity index (χ0v) is 14.9. The lowest BCUT2D eigenvalue weighted by Crippen LogP contribution is -2.27. The van der Waals surface area contributed by atoms with Crippen molar-refractivity contribution in [3.8, 4) is 10.7 Å². The number of ether oxygens (including phenoxy) is 1. The lowest BCUT2D eigenvalue weighted by Gasteiger charge is -2.20. The second-order valence-corrected chi connectivity index (χ2v) is 7.69. The van der Waals surface area contributed by atoms with Crippen molar-refractivity contribution < 1.29 is 9.53 Å². The number of rotatable bonds is 1. The Morgan fingerprint density at radius 3 is 2.64 bits per heavy atom. The number of nitrogens with zero attached hydrogens (tertiary/aromatic N) is 2. The SMILES string of the molecule is CC(C)(C)OC(=O)n1c(Br)ccc1-c1nc2ccccc2s1. The smallest absolute Gasteiger partial charge is 0.419 e. The van der Waals surface area contributed by atoms with E-state index in [2.05, 4.69) is 20.9 Å². The largest absolute Gasteiger partial charge is 0.443 e. The summed E-state index contributed by atoms with van der Waals surface area (Å²) < 4.78 is 8.71. The van der Waals surface area contributed by atoms with E-state index in [0.717, 1.165) is 20.9 Å². The van der Waals surface area contributed by atoms with Crippen molar-refractivity contribution in [1.82, 2.24) is 9.55 Å². The van der Waals surface area contributed by atoms with Crippen LogP contribution < -0.4 is 0 Å². The van der Waals surface area contributed by atoms with Crippen LogP contribution in [0.25, 0.3) is 20.9 Å². The molecule has 114 valence electrons. The van der Waals surface area contributed by atoms with Gasteiger partial charge in [-0.25, -0.2) is 14.3 Å². The lowest BCUT2D eigenvalue weighted by atomic mass is 10.2. The van der Waals surface area contributed by atoms with Gasteiger partial charge in [0, 0.05) is 0 Å². The summed E-state index contributed by atoms with van der Waals surface area (Å²) in [6.45, 7) is 5.54. The second-order valence-electron chi connectivity index (χ2n) is 5.84. The molecular formula is C16H15BrN2O2S. The van der Waals surface area contributed by atoms with Crippen LogP contribution >= 0.6 is 27.3 Å². The first-order chi connectivity index (χ1) is 10.3. The Kier molecular flexibility index (Phi) is 3.82. The van der Waals surface area contributed by atoms with Gasteiger partial charge in [0.05, 0.1) is 20.5 Å². The van der Waals surface area contributed by atoms with Gasteiger partial charge >= 0.3 is 6.09 Å². The van der Waals surface area contributed by atoms with Crippen molar-refractivity contribution >= 4 is 43.6 Å². The fourth-order valence-electron chi connectivity index (χ4n) is 2.05. The molecular weight excluding hydrogens is 364 g/mol. The van der Waals surface area contributed by atoms with Crippen LogP contribution in [-0.4, -0.2) is 21.2 Å². The summed E-state index contributed by atoms with van der Waals surface area (Å²) in [5.74, 6) is 0. The fraction of sp³-hybridized carbons (Fsp3) is 0.250. The standard InChI is InChI=1S/C16H15BrN2O2S/c1-16(2,3)21-15(20)19-11(8-9-13(19)17)14-18-10-6-4-5-7-12(10)22-14/h4-9H,1-3H3. The molecule has 0 spiro atoms. The molecule has 0 aliphatic rings. The van der Waals surface area contributed by atoms with Crippen LogP contribution in [0.1, 0.15) is 20.8 Å². The Morgan fingerprint density at radius 2 is 1.95 bits per heavy atom. The number of benzene rings is 1. The van der Waals surface area contributed by atoms with E-state index in [9.17, 15) is 4.79 Å². The minimum Gasteiger partial charge on any atom is -0.443 e. The third-order valence-electron chi connectivity index (χ3n) is 2.92. The molecule has 0 fully saturated rings. The third kappa shape index (κ3) is 2.94.